The van der Waals surface area contributed by atoms with Crippen LogP contribution < -0.4 is 5.32 Å². The summed E-state index contributed by atoms with van der Waals surface area (Å²) in [5.41, 5.74) is 1.17. The van der Waals surface area contributed by atoms with Crippen LogP contribution in [0.3, 0.4) is 0 Å². The van der Waals surface area contributed by atoms with Crippen LogP contribution in [0.25, 0.3) is 0 Å². The molecule has 2 fully saturated rings. The second kappa shape index (κ2) is 9.82. The molecule has 2 aromatic rings. The van der Waals surface area contributed by atoms with Gasteiger partial charge in [0.05, 0.1) is 12.2 Å². The number of hydrogen-bond acceptors (Lipinski definition) is 8. The Bertz CT molecular complexity index is 1200. The van der Waals surface area contributed by atoms with Crippen molar-refractivity contribution in [2.75, 3.05) is 32.8 Å². The van der Waals surface area contributed by atoms with Gasteiger partial charge in [-0.05, 0) is 31.0 Å². The van der Waals surface area contributed by atoms with Gasteiger partial charge in [0.15, 0.2) is 22.5 Å². The molecule has 5 rings (SSSR count). The third-order valence-corrected chi connectivity index (χ3v) is 7.26. The van der Waals surface area contributed by atoms with Crippen LogP contribution in [-0.4, -0.2) is 71.3 Å². The van der Waals surface area contributed by atoms with Gasteiger partial charge >= 0.3 is 5.97 Å². The molecular formula is C24H25F2N5O3S. The van der Waals surface area contributed by atoms with Crippen LogP contribution in [-0.2, 0) is 14.3 Å². The van der Waals surface area contributed by atoms with Crippen molar-refractivity contribution in [2.24, 2.45) is 4.99 Å². The number of piperazine rings is 1. The van der Waals surface area contributed by atoms with Crippen molar-refractivity contribution < 1.29 is 23.1 Å². The lowest BCUT2D eigenvalue weighted by molar-refractivity contribution is -0.139. The first kappa shape index (κ1) is 23.6. The summed E-state index contributed by atoms with van der Waals surface area (Å²) in [5, 5.41) is 5.70. The Morgan fingerprint density at radius 1 is 1.29 bits per heavy atom. The van der Waals surface area contributed by atoms with Crippen LogP contribution in [0.4, 0.5) is 8.78 Å². The van der Waals surface area contributed by atoms with Crippen molar-refractivity contribution in [3.05, 3.63) is 63.3 Å². The number of esters is 1. The molecule has 0 radical (unpaired) electrons. The first-order chi connectivity index (χ1) is 16.9. The number of nitrogens with one attached hydrogen (secondary N) is 1. The van der Waals surface area contributed by atoms with E-state index in [1.165, 1.54) is 17.4 Å². The summed E-state index contributed by atoms with van der Waals surface area (Å²) >= 11 is 1.38. The number of thiazole rings is 1. The highest BCUT2D eigenvalue weighted by Gasteiger charge is 2.38. The Morgan fingerprint density at radius 2 is 2.14 bits per heavy atom. The standard InChI is InChI=1S/C24H25F2N5O3S/c1-2-34-24(33)20-18(13-30-8-9-31-15(12-30)4-6-19(31)32)28-22(23-27-7-10-35-23)29-21(20)14-3-5-16(25)17(26)11-14/h3,5,7,10-11,15,21H,2,4,6,8-9,12-13H2,1H3,(H,28,29)/t15?,21-/m0/s1. The van der Waals surface area contributed by atoms with Crippen LogP contribution in [0.5, 0.6) is 0 Å². The molecule has 0 saturated carbocycles. The number of halogens is 2. The third kappa shape index (κ3) is 4.70. The molecule has 0 aliphatic carbocycles. The maximum Gasteiger partial charge on any atom is 0.338 e. The number of carbonyl (C=O) groups excluding carboxylic acids is 2. The fraction of sp³-hybridized carbons (Fsp3) is 0.417. The van der Waals surface area contributed by atoms with Crippen molar-refractivity contribution in [3.63, 3.8) is 0 Å². The van der Waals surface area contributed by atoms with Crippen LogP contribution >= 0.6 is 11.3 Å². The molecule has 35 heavy (non-hydrogen) atoms. The maximum absolute atomic E-state index is 14.2. The zero-order chi connectivity index (χ0) is 24.5. The fourth-order valence-corrected chi connectivity index (χ4v) is 5.43. The van der Waals surface area contributed by atoms with E-state index in [0.717, 1.165) is 18.6 Å². The largest absolute Gasteiger partial charge is 0.463 e. The molecule has 3 aliphatic heterocycles. The van der Waals surface area contributed by atoms with Gasteiger partial charge in [-0.1, -0.05) is 6.07 Å². The van der Waals surface area contributed by atoms with E-state index in [9.17, 15) is 18.4 Å². The highest BCUT2D eigenvalue weighted by Crippen LogP contribution is 2.34. The van der Waals surface area contributed by atoms with E-state index < -0.39 is 23.6 Å². The summed E-state index contributed by atoms with van der Waals surface area (Å²) in [4.78, 5) is 38.4. The summed E-state index contributed by atoms with van der Waals surface area (Å²) in [5.74, 6) is -1.92. The van der Waals surface area contributed by atoms with Crippen molar-refractivity contribution in [1.82, 2.24) is 20.1 Å². The summed E-state index contributed by atoms with van der Waals surface area (Å²) in [6, 6.07) is 2.78. The van der Waals surface area contributed by atoms with Crippen LogP contribution in [0.2, 0.25) is 0 Å². The number of carbonyl (C=O) groups is 2. The predicted octanol–water partition coefficient (Wildman–Crippen LogP) is 2.64. The number of rotatable bonds is 6. The zero-order valence-corrected chi connectivity index (χ0v) is 20.0. The lowest BCUT2D eigenvalue weighted by Crippen LogP contribution is -2.53. The Morgan fingerprint density at radius 3 is 2.89 bits per heavy atom. The van der Waals surface area contributed by atoms with Gasteiger partial charge in [0.25, 0.3) is 0 Å². The van der Waals surface area contributed by atoms with Crippen molar-refractivity contribution in [2.45, 2.75) is 31.8 Å². The van der Waals surface area contributed by atoms with Gasteiger partial charge in [0, 0.05) is 55.9 Å². The van der Waals surface area contributed by atoms with E-state index in [2.05, 4.69) is 15.2 Å². The maximum atomic E-state index is 14.2. The molecule has 8 nitrogen and oxygen atoms in total. The molecule has 3 aliphatic rings. The van der Waals surface area contributed by atoms with Gasteiger partial charge in [0.2, 0.25) is 5.91 Å². The average molecular weight is 502 g/mol. The van der Waals surface area contributed by atoms with E-state index in [1.54, 1.807) is 13.1 Å². The fourth-order valence-electron chi connectivity index (χ4n) is 4.84. The lowest BCUT2D eigenvalue weighted by Gasteiger charge is -2.39. The number of nitrogens with zero attached hydrogens (tertiary/aromatic N) is 4. The Hall–Kier alpha value is -3.18. The summed E-state index contributed by atoms with van der Waals surface area (Å²) in [7, 11) is 0. The minimum absolute atomic E-state index is 0.153. The second-order valence-electron chi connectivity index (χ2n) is 8.64. The molecule has 1 aromatic heterocycles. The monoisotopic (exact) mass is 501 g/mol. The van der Waals surface area contributed by atoms with E-state index >= 15 is 0 Å². The normalized spacial score (nSPS) is 22.7. The van der Waals surface area contributed by atoms with Crippen LogP contribution in [0, 0.1) is 11.6 Å². The first-order valence-electron chi connectivity index (χ1n) is 11.6. The molecule has 2 saturated heterocycles. The van der Waals surface area contributed by atoms with Crippen molar-refractivity contribution in [1.29, 1.82) is 0 Å². The summed E-state index contributed by atoms with van der Waals surface area (Å²) < 4.78 is 33.2. The van der Waals surface area contributed by atoms with Crippen molar-refractivity contribution in [3.8, 4) is 0 Å². The molecule has 184 valence electrons. The third-order valence-electron chi connectivity index (χ3n) is 6.48. The van der Waals surface area contributed by atoms with Gasteiger partial charge in [0.1, 0.15) is 6.04 Å². The molecular weight excluding hydrogens is 476 g/mol. The number of aliphatic imine (C=N–C) groups is 1. The molecule has 1 unspecified atom stereocenters. The zero-order valence-electron chi connectivity index (χ0n) is 19.2. The number of aromatic nitrogens is 1. The molecule has 1 amide bonds. The molecule has 1 N–H and O–H groups in total. The Kier molecular flexibility index (Phi) is 6.61. The predicted molar refractivity (Wildman–Crippen MR) is 126 cm³/mol. The van der Waals surface area contributed by atoms with E-state index in [4.69, 9.17) is 9.73 Å². The highest BCUT2D eigenvalue weighted by atomic mass is 32.1. The van der Waals surface area contributed by atoms with Crippen LogP contribution in [0.15, 0.2) is 46.0 Å². The number of hydrogen-bond donors (Lipinski definition) is 1. The van der Waals surface area contributed by atoms with Gasteiger partial charge < -0.3 is 15.0 Å². The van der Waals surface area contributed by atoms with E-state index in [-0.39, 0.29) is 24.1 Å². The first-order valence-corrected chi connectivity index (χ1v) is 12.4. The summed E-state index contributed by atoms with van der Waals surface area (Å²) in [6.07, 6.45) is 3.03. The SMILES string of the molecule is CCOC(=O)C1=C(CN2CCN3C(=O)CCC3C2)NC(c2nccs2)=N[C@H]1c1ccc(F)c(F)c1. The Balaban J connectivity index is 1.53. The highest BCUT2D eigenvalue weighted by molar-refractivity contribution is 7.11. The van der Waals surface area contributed by atoms with Gasteiger partial charge in [-0.3, -0.25) is 14.7 Å². The minimum Gasteiger partial charge on any atom is -0.463 e. The molecule has 0 spiro atoms. The second-order valence-corrected chi connectivity index (χ2v) is 9.54. The smallest absolute Gasteiger partial charge is 0.338 e. The van der Waals surface area contributed by atoms with E-state index in [0.29, 0.717) is 54.7 Å². The number of ether oxygens (including phenoxy) is 1. The number of amides is 1. The van der Waals surface area contributed by atoms with Gasteiger partial charge in [-0.2, -0.15) is 0 Å². The topological polar surface area (TPSA) is 87.1 Å². The van der Waals surface area contributed by atoms with Gasteiger partial charge in [-0.15, -0.1) is 11.3 Å². The summed E-state index contributed by atoms with van der Waals surface area (Å²) in [6.45, 7) is 4.23. The molecule has 1 aromatic carbocycles. The molecule has 2 atom stereocenters. The van der Waals surface area contributed by atoms with Crippen LogP contribution in [0.1, 0.15) is 36.4 Å². The quantitative estimate of drug-likeness (QED) is 0.613. The Labute approximate surface area is 205 Å². The molecule has 0 bridgehead atoms. The number of fused-ring (bicyclic) bond motifs is 1. The lowest BCUT2D eigenvalue weighted by atomic mass is 9.95. The van der Waals surface area contributed by atoms with Crippen molar-refractivity contribution >= 4 is 29.0 Å². The minimum atomic E-state index is -1.01. The molecule has 4 heterocycles. The van der Waals surface area contributed by atoms with Gasteiger partial charge in [-0.25, -0.2) is 18.6 Å². The molecule has 11 heteroatoms. The average Bonchev–Trinajstić information content (AvgIpc) is 3.51. The number of benzene rings is 1. The van der Waals surface area contributed by atoms with E-state index in [1.807, 2.05) is 10.3 Å². The number of amidine groups is 1.